The highest BCUT2D eigenvalue weighted by atomic mass is 16.5. The Bertz CT molecular complexity index is 783. The Morgan fingerprint density at radius 3 is 2.28 bits per heavy atom. The molecule has 1 amide bonds. The molecule has 0 spiro atoms. The number of aryl methyl sites for hydroxylation is 1. The fourth-order valence-corrected chi connectivity index (χ4v) is 3.70. The molecule has 29 heavy (non-hydrogen) atoms. The van der Waals surface area contributed by atoms with E-state index in [1.807, 2.05) is 31.0 Å². The maximum Gasteiger partial charge on any atom is 0.236 e. The van der Waals surface area contributed by atoms with E-state index in [0.29, 0.717) is 19.7 Å². The molecule has 1 heterocycles. The van der Waals surface area contributed by atoms with Crippen molar-refractivity contribution in [1.29, 1.82) is 0 Å². The van der Waals surface area contributed by atoms with Gasteiger partial charge in [-0.05, 0) is 36.6 Å². The minimum absolute atomic E-state index is 0.174. The van der Waals surface area contributed by atoms with Crippen molar-refractivity contribution in [2.75, 3.05) is 51.3 Å². The average Bonchev–Trinajstić information content (AvgIpc) is 2.75. The van der Waals surface area contributed by atoms with Crippen molar-refractivity contribution < 1.29 is 9.53 Å². The van der Waals surface area contributed by atoms with Gasteiger partial charge in [0.25, 0.3) is 0 Å². The molecule has 0 bridgehead atoms. The van der Waals surface area contributed by atoms with Crippen LogP contribution in [0.5, 0.6) is 5.75 Å². The summed E-state index contributed by atoms with van der Waals surface area (Å²) in [6.07, 6.45) is 1.04. The second-order valence-corrected chi connectivity index (χ2v) is 7.58. The summed E-state index contributed by atoms with van der Waals surface area (Å²) < 4.78 is 5.77. The number of carbonyl (C=O) groups is 1. The number of ether oxygens (including phenoxy) is 1. The number of benzene rings is 2. The normalized spacial score (nSPS) is 14.7. The van der Waals surface area contributed by atoms with Crippen LogP contribution in [0.4, 0.5) is 5.69 Å². The van der Waals surface area contributed by atoms with E-state index in [4.69, 9.17) is 4.74 Å². The Balaban J connectivity index is 1.49. The molecule has 156 valence electrons. The van der Waals surface area contributed by atoms with E-state index < -0.39 is 0 Å². The van der Waals surface area contributed by atoms with Crippen molar-refractivity contribution in [2.24, 2.45) is 0 Å². The third-order valence-electron chi connectivity index (χ3n) is 5.51. The van der Waals surface area contributed by atoms with Crippen LogP contribution in [0.15, 0.2) is 48.5 Å². The number of rotatable bonds is 8. The predicted molar refractivity (Wildman–Crippen MR) is 119 cm³/mol. The zero-order valence-corrected chi connectivity index (χ0v) is 17.9. The van der Waals surface area contributed by atoms with Gasteiger partial charge in [-0.2, -0.15) is 0 Å². The maximum absolute atomic E-state index is 12.7. The molecule has 0 N–H and O–H groups in total. The van der Waals surface area contributed by atoms with Crippen molar-refractivity contribution in [3.63, 3.8) is 0 Å². The number of nitrogens with zero attached hydrogens (tertiary/aromatic N) is 3. The second kappa shape index (κ2) is 10.3. The summed E-state index contributed by atoms with van der Waals surface area (Å²) in [5.74, 6) is 1.11. The van der Waals surface area contributed by atoms with Crippen LogP contribution in [-0.2, 0) is 17.8 Å². The zero-order chi connectivity index (χ0) is 20.6. The Hall–Kier alpha value is -2.53. The third kappa shape index (κ3) is 5.73. The van der Waals surface area contributed by atoms with Gasteiger partial charge in [0.05, 0.1) is 18.8 Å². The lowest BCUT2D eigenvalue weighted by Crippen LogP contribution is -2.49. The number of anilines is 1. The first-order valence-corrected chi connectivity index (χ1v) is 10.6. The van der Waals surface area contributed by atoms with E-state index >= 15 is 0 Å². The number of para-hydroxylation sites is 2. The molecule has 1 saturated heterocycles. The lowest BCUT2D eigenvalue weighted by molar-refractivity contribution is -0.131. The highest BCUT2D eigenvalue weighted by Crippen LogP contribution is 2.28. The molecule has 2 aromatic rings. The zero-order valence-electron chi connectivity index (χ0n) is 17.9. The summed E-state index contributed by atoms with van der Waals surface area (Å²) in [6, 6.07) is 16.7. The number of piperazine rings is 1. The van der Waals surface area contributed by atoms with Crippen LogP contribution in [-0.4, -0.2) is 62.1 Å². The fourth-order valence-electron chi connectivity index (χ4n) is 3.70. The number of hydrogen-bond acceptors (Lipinski definition) is 4. The van der Waals surface area contributed by atoms with Crippen molar-refractivity contribution in [3.05, 3.63) is 59.7 Å². The molecule has 0 aromatic heterocycles. The van der Waals surface area contributed by atoms with Gasteiger partial charge >= 0.3 is 0 Å². The molecular formula is C24H33N3O2. The SMILES string of the molecule is CCOc1ccccc1N1CCN(CC(=O)N(C)Cc2ccc(CC)cc2)CC1. The van der Waals surface area contributed by atoms with Crippen LogP contribution in [0, 0.1) is 0 Å². The highest BCUT2D eigenvalue weighted by Gasteiger charge is 2.22. The van der Waals surface area contributed by atoms with Gasteiger partial charge < -0.3 is 14.5 Å². The van der Waals surface area contributed by atoms with Gasteiger partial charge in [-0.1, -0.05) is 43.3 Å². The van der Waals surface area contributed by atoms with Crippen molar-refractivity contribution >= 4 is 11.6 Å². The van der Waals surface area contributed by atoms with Crippen LogP contribution < -0.4 is 9.64 Å². The maximum atomic E-state index is 12.7. The number of amides is 1. The quantitative estimate of drug-likeness (QED) is 0.686. The first-order valence-electron chi connectivity index (χ1n) is 10.6. The van der Waals surface area contributed by atoms with Crippen molar-refractivity contribution in [3.8, 4) is 5.75 Å². The minimum atomic E-state index is 0.174. The molecule has 1 fully saturated rings. The average molecular weight is 396 g/mol. The van der Waals surface area contributed by atoms with Crippen molar-refractivity contribution in [1.82, 2.24) is 9.80 Å². The summed E-state index contributed by atoms with van der Waals surface area (Å²) in [4.78, 5) is 19.1. The van der Waals surface area contributed by atoms with Crippen LogP contribution in [0.3, 0.4) is 0 Å². The van der Waals surface area contributed by atoms with E-state index in [0.717, 1.165) is 44.0 Å². The van der Waals surface area contributed by atoms with Crippen LogP contribution >= 0.6 is 0 Å². The molecule has 1 aliphatic rings. The largest absolute Gasteiger partial charge is 0.492 e. The Morgan fingerprint density at radius 1 is 0.966 bits per heavy atom. The molecule has 5 heteroatoms. The lowest BCUT2D eigenvalue weighted by Gasteiger charge is -2.36. The molecule has 0 unspecified atom stereocenters. The third-order valence-corrected chi connectivity index (χ3v) is 5.51. The smallest absolute Gasteiger partial charge is 0.236 e. The van der Waals surface area contributed by atoms with E-state index in [1.165, 1.54) is 11.1 Å². The van der Waals surface area contributed by atoms with Crippen molar-refractivity contribution in [2.45, 2.75) is 26.8 Å². The molecule has 0 radical (unpaired) electrons. The van der Waals surface area contributed by atoms with E-state index in [1.54, 1.807) is 0 Å². The number of hydrogen-bond donors (Lipinski definition) is 0. The highest BCUT2D eigenvalue weighted by molar-refractivity contribution is 5.78. The Kier molecular flexibility index (Phi) is 7.53. The van der Waals surface area contributed by atoms with E-state index in [-0.39, 0.29) is 5.91 Å². The number of carbonyl (C=O) groups excluding carboxylic acids is 1. The fraction of sp³-hybridized carbons (Fsp3) is 0.458. The molecule has 5 nitrogen and oxygen atoms in total. The summed E-state index contributed by atoms with van der Waals surface area (Å²) in [5.41, 5.74) is 3.65. The summed E-state index contributed by atoms with van der Waals surface area (Å²) in [6.45, 7) is 9.53. The molecule has 2 aromatic carbocycles. The lowest BCUT2D eigenvalue weighted by atomic mass is 10.1. The van der Waals surface area contributed by atoms with Crippen LogP contribution in [0.2, 0.25) is 0 Å². The summed E-state index contributed by atoms with van der Waals surface area (Å²) >= 11 is 0. The second-order valence-electron chi connectivity index (χ2n) is 7.58. The van der Waals surface area contributed by atoms with Gasteiger partial charge in [0.1, 0.15) is 5.75 Å². The molecular weight excluding hydrogens is 362 g/mol. The van der Waals surface area contributed by atoms with Gasteiger partial charge in [-0.25, -0.2) is 0 Å². The first-order chi connectivity index (χ1) is 14.1. The first kappa shape index (κ1) is 21.2. The van der Waals surface area contributed by atoms with Gasteiger partial charge in [0, 0.05) is 39.8 Å². The number of likely N-dealkylation sites (N-methyl/N-ethyl adjacent to an activating group) is 1. The Morgan fingerprint density at radius 2 is 1.62 bits per heavy atom. The Labute approximate surface area is 174 Å². The standard InChI is InChI=1S/C24H33N3O2/c1-4-20-10-12-21(13-11-20)18-25(3)24(28)19-26-14-16-27(17-15-26)22-8-6-7-9-23(22)29-5-2/h6-13H,4-5,14-19H2,1-3H3. The topological polar surface area (TPSA) is 36.0 Å². The molecule has 0 saturated carbocycles. The monoisotopic (exact) mass is 395 g/mol. The predicted octanol–water partition coefficient (Wildman–Crippen LogP) is 3.43. The van der Waals surface area contributed by atoms with Crippen LogP contribution in [0.25, 0.3) is 0 Å². The minimum Gasteiger partial charge on any atom is -0.492 e. The molecule has 1 aliphatic heterocycles. The van der Waals surface area contributed by atoms with Gasteiger partial charge in [-0.3, -0.25) is 9.69 Å². The summed E-state index contributed by atoms with van der Waals surface area (Å²) in [5, 5.41) is 0. The van der Waals surface area contributed by atoms with E-state index in [9.17, 15) is 4.79 Å². The van der Waals surface area contributed by atoms with Gasteiger partial charge in [0.15, 0.2) is 0 Å². The van der Waals surface area contributed by atoms with E-state index in [2.05, 4.69) is 53.1 Å². The molecule has 3 rings (SSSR count). The molecule has 0 aliphatic carbocycles. The summed E-state index contributed by atoms with van der Waals surface area (Å²) in [7, 11) is 1.89. The van der Waals surface area contributed by atoms with Gasteiger partial charge in [0.2, 0.25) is 5.91 Å². The molecule has 0 atom stereocenters. The van der Waals surface area contributed by atoms with Crippen LogP contribution in [0.1, 0.15) is 25.0 Å². The van der Waals surface area contributed by atoms with Gasteiger partial charge in [-0.15, -0.1) is 0 Å².